The lowest BCUT2D eigenvalue weighted by molar-refractivity contribution is -0.122. The van der Waals surface area contributed by atoms with Crippen molar-refractivity contribution in [2.45, 2.75) is 58.4 Å². The highest BCUT2D eigenvalue weighted by atomic mass is 127. The van der Waals surface area contributed by atoms with Crippen LogP contribution in [0, 0.1) is 11.8 Å². The van der Waals surface area contributed by atoms with Gasteiger partial charge in [-0.3, -0.25) is 29.2 Å². The van der Waals surface area contributed by atoms with Crippen LogP contribution in [-0.2, 0) is 41.8 Å². The molecule has 0 saturated carbocycles. The van der Waals surface area contributed by atoms with E-state index < -0.39 is 0 Å². The molecule has 0 spiro atoms. The van der Waals surface area contributed by atoms with Gasteiger partial charge in [-0.05, 0) is 68.1 Å². The maximum absolute atomic E-state index is 13.6. The van der Waals surface area contributed by atoms with Crippen molar-refractivity contribution in [2.24, 2.45) is 9.98 Å². The van der Waals surface area contributed by atoms with Crippen LogP contribution >= 0.6 is 22.6 Å². The van der Waals surface area contributed by atoms with E-state index in [9.17, 15) is 19.2 Å². The molecule has 0 saturated heterocycles. The summed E-state index contributed by atoms with van der Waals surface area (Å²) in [5.41, 5.74) is 6.18. The van der Waals surface area contributed by atoms with Crippen LogP contribution in [0.15, 0.2) is 76.0 Å². The average molecular weight is 1090 g/mol. The summed E-state index contributed by atoms with van der Waals surface area (Å²) in [5.74, 6) is 7.25. The van der Waals surface area contributed by atoms with E-state index >= 15 is 0 Å². The fraction of sp³-hybridized carbons (Fsp3) is 0.423. The number of ether oxygens (including phenoxy) is 8. The number of aliphatic imine (C=N–C) groups is 2. The van der Waals surface area contributed by atoms with E-state index in [0.29, 0.717) is 108 Å². The number of methoxy groups -OCH3 is 2. The molecule has 4 heterocycles. The van der Waals surface area contributed by atoms with Crippen LogP contribution in [0.1, 0.15) is 70.5 Å². The second-order valence-corrected chi connectivity index (χ2v) is 17.7. The summed E-state index contributed by atoms with van der Waals surface area (Å²) in [5, 5.41) is 5.56. The van der Waals surface area contributed by atoms with E-state index in [1.807, 2.05) is 67.0 Å². The molecule has 2 atom stereocenters. The highest BCUT2D eigenvalue weighted by Crippen LogP contribution is 2.40. The van der Waals surface area contributed by atoms with Gasteiger partial charge in [-0.1, -0.05) is 45.6 Å². The van der Waals surface area contributed by atoms with Gasteiger partial charge in [0.05, 0.1) is 113 Å². The lowest BCUT2D eigenvalue weighted by Crippen LogP contribution is -2.32. The third-order valence-corrected chi connectivity index (χ3v) is 12.2. The fourth-order valence-electron chi connectivity index (χ4n) is 8.04. The van der Waals surface area contributed by atoms with Crippen molar-refractivity contribution in [3.05, 3.63) is 93.8 Å². The Kier molecular flexibility index (Phi) is 19.4. The number of hydrogen-bond donors (Lipinski definition) is 2. The highest BCUT2D eigenvalue weighted by molar-refractivity contribution is 14.1. The molecule has 4 aliphatic heterocycles. The minimum absolute atomic E-state index is 0.0169. The van der Waals surface area contributed by atoms with Crippen LogP contribution in [0.2, 0.25) is 0 Å². The van der Waals surface area contributed by atoms with Crippen LogP contribution in [0.25, 0.3) is 0 Å². The summed E-state index contributed by atoms with van der Waals surface area (Å²) < 4.78 is 46.5. The standard InChI is InChI=1S/C52H59IN6O12/c1-34-18-39-28-56-43-25-47(45(64-3)23-41(43)51(62)58(39)30-34)70-32-37-20-36(6-5-8-54-49(60)7-10-66-12-14-68-16-17-69-15-13-67-11-9-55-50(61)27-53)21-38(22-37)33-71-48-26-44-42(24-46(48)65-4)52(63)59-31-35(2)19-40(59)29-57-44/h20-26,28-31,39-40H,7-19,27,32-33H2,1-4H3,(H,54,60)(H,55,61)/t39-,40-/m0/s1. The predicted molar refractivity (Wildman–Crippen MR) is 274 cm³/mol. The molecule has 2 N–H and O–H groups in total. The molecular formula is C52H59IN6O12. The van der Waals surface area contributed by atoms with E-state index in [4.69, 9.17) is 37.9 Å². The smallest absolute Gasteiger partial charge is 0.260 e. The molecule has 0 bridgehead atoms. The normalized spacial score (nSPS) is 16.4. The largest absolute Gasteiger partial charge is 0.493 e. The SMILES string of the molecule is COc1cc2c(cc1OCc1cc(C#CCNC(=O)CCOCCOCCOCCOCCNC(=O)CI)cc(COc3cc4c(cc3OC)C(=O)N3C=C(C)C[C@H]3C=N4)c1)N=C[C@@H]1CC(C)=CN1C2=O. The maximum Gasteiger partial charge on any atom is 0.260 e. The molecular weight excluding hydrogens is 1030 g/mol. The number of hydrogen-bond acceptors (Lipinski definition) is 14. The quantitative estimate of drug-likeness (QED) is 0.0435. The number of benzene rings is 3. The summed E-state index contributed by atoms with van der Waals surface area (Å²) in [6.07, 6.45) is 8.91. The zero-order valence-corrected chi connectivity index (χ0v) is 42.5. The van der Waals surface area contributed by atoms with E-state index in [1.54, 1.807) is 46.5 Å². The van der Waals surface area contributed by atoms with Gasteiger partial charge in [0.25, 0.3) is 11.8 Å². The van der Waals surface area contributed by atoms with Gasteiger partial charge >= 0.3 is 0 Å². The van der Waals surface area contributed by atoms with Gasteiger partial charge in [-0.25, -0.2) is 0 Å². The Morgan fingerprint density at radius 2 is 1.14 bits per heavy atom. The predicted octanol–water partition coefficient (Wildman–Crippen LogP) is 6.01. The number of carbonyl (C=O) groups excluding carboxylic acids is 4. The second-order valence-electron chi connectivity index (χ2n) is 16.9. The zero-order valence-electron chi connectivity index (χ0n) is 40.4. The Morgan fingerprint density at radius 1 is 0.648 bits per heavy atom. The highest BCUT2D eigenvalue weighted by Gasteiger charge is 2.33. The van der Waals surface area contributed by atoms with Gasteiger partial charge in [-0.15, -0.1) is 0 Å². The van der Waals surface area contributed by atoms with Crippen molar-refractivity contribution in [2.75, 3.05) is 84.6 Å². The molecule has 71 heavy (non-hydrogen) atoms. The summed E-state index contributed by atoms with van der Waals surface area (Å²) in [6, 6.07) is 12.2. The van der Waals surface area contributed by atoms with E-state index in [0.717, 1.165) is 35.1 Å². The third kappa shape index (κ3) is 14.6. The van der Waals surface area contributed by atoms with Crippen molar-refractivity contribution in [3.63, 3.8) is 0 Å². The number of fused-ring (bicyclic) bond motifs is 4. The van der Waals surface area contributed by atoms with Gasteiger partial charge in [0.1, 0.15) is 13.2 Å². The molecule has 0 radical (unpaired) electrons. The van der Waals surface area contributed by atoms with Crippen LogP contribution < -0.4 is 29.6 Å². The fourth-order valence-corrected chi connectivity index (χ4v) is 8.31. The number of nitrogens with zero attached hydrogens (tertiary/aromatic N) is 4. The van der Waals surface area contributed by atoms with E-state index in [2.05, 4.69) is 32.5 Å². The zero-order chi connectivity index (χ0) is 50.1. The number of alkyl halides is 1. The molecule has 4 amide bonds. The van der Waals surface area contributed by atoms with Gasteiger partial charge < -0.3 is 58.3 Å². The third-order valence-electron chi connectivity index (χ3n) is 11.5. The molecule has 0 aromatic heterocycles. The molecule has 0 aliphatic carbocycles. The average Bonchev–Trinajstić information content (AvgIpc) is 3.89. The number of halogens is 1. The van der Waals surface area contributed by atoms with Crippen molar-refractivity contribution in [1.82, 2.24) is 20.4 Å². The van der Waals surface area contributed by atoms with Crippen LogP contribution in [0.4, 0.5) is 11.4 Å². The van der Waals surface area contributed by atoms with Gasteiger partial charge in [0.2, 0.25) is 11.8 Å². The first kappa shape index (κ1) is 52.5. The molecule has 0 fully saturated rings. The summed E-state index contributed by atoms with van der Waals surface area (Å²) in [7, 11) is 3.05. The molecule has 0 unspecified atom stereocenters. The van der Waals surface area contributed by atoms with Crippen molar-refractivity contribution in [3.8, 4) is 34.8 Å². The van der Waals surface area contributed by atoms with Gasteiger partial charge in [0, 0.05) is 55.5 Å². The summed E-state index contributed by atoms with van der Waals surface area (Å²) in [6.45, 7) is 7.78. The topological polar surface area (TPSA) is 197 Å². The van der Waals surface area contributed by atoms with E-state index in [1.165, 1.54) is 14.2 Å². The van der Waals surface area contributed by atoms with Gasteiger partial charge in [-0.2, -0.15) is 0 Å². The maximum atomic E-state index is 13.6. The lowest BCUT2D eigenvalue weighted by atomic mass is 10.1. The van der Waals surface area contributed by atoms with Crippen LogP contribution in [-0.4, -0.2) is 143 Å². The van der Waals surface area contributed by atoms with Crippen LogP contribution in [0.3, 0.4) is 0 Å². The molecule has 376 valence electrons. The second kappa shape index (κ2) is 26.2. The molecule has 4 aliphatic rings. The first-order valence-electron chi connectivity index (χ1n) is 23.3. The van der Waals surface area contributed by atoms with Crippen LogP contribution in [0.5, 0.6) is 23.0 Å². The summed E-state index contributed by atoms with van der Waals surface area (Å²) in [4.78, 5) is 63.7. The monoisotopic (exact) mass is 1090 g/mol. The molecule has 3 aromatic rings. The van der Waals surface area contributed by atoms with Crippen molar-refractivity contribution < 1.29 is 57.1 Å². The van der Waals surface area contributed by atoms with Crippen molar-refractivity contribution in [1.29, 1.82) is 0 Å². The molecule has 19 heteroatoms. The summed E-state index contributed by atoms with van der Waals surface area (Å²) >= 11 is 2.01. The van der Waals surface area contributed by atoms with Gasteiger partial charge in [0.15, 0.2) is 23.0 Å². The first-order chi connectivity index (χ1) is 34.5. The Labute approximate surface area is 427 Å². The van der Waals surface area contributed by atoms with E-state index in [-0.39, 0.29) is 68.5 Å². The number of nitrogens with one attached hydrogen (secondary N) is 2. The minimum Gasteiger partial charge on any atom is -0.493 e. The Balaban J connectivity index is 0.945. The Bertz CT molecular complexity index is 2490. The Morgan fingerprint density at radius 3 is 1.63 bits per heavy atom. The lowest BCUT2D eigenvalue weighted by Gasteiger charge is -2.19. The number of amides is 4. The molecule has 18 nitrogen and oxygen atoms in total. The Hall–Kier alpha value is -6.31. The number of carbonyl (C=O) groups is 4. The van der Waals surface area contributed by atoms with Crippen molar-refractivity contribution >= 4 is 70.0 Å². The molecule has 3 aromatic carbocycles. The first-order valence-corrected chi connectivity index (χ1v) is 24.9. The minimum atomic E-state index is -0.208. The number of rotatable bonds is 25. The molecule has 7 rings (SSSR count).